The zero-order chi connectivity index (χ0) is 13.1. The molecular formula is C14H30N2O. The third kappa shape index (κ3) is 11.7. The first-order valence-electron chi connectivity index (χ1n) is 7.06. The molecular weight excluding hydrogens is 212 g/mol. The molecule has 0 bridgehead atoms. The summed E-state index contributed by atoms with van der Waals surface area (Å²) in [5, 5.41) is 6.18. The highest BCUT2D eigenvalue weighted by Gasteiger charge is 2.05. The van der Waals surface area contributed by atoms with Crippen molar-refractivity contribution >= 4 is 5.91 Å². The monoisotopic (exact) mass is 242 g/mol. The van der Waals surface area contributed by atoms with Crippen molar-refractivity contribution in [3.8, 4) is 0 Å². The molecule has 0 aliphatic carbocycles. The van der Waals surface area contributed by atoms with Crippen LogP contribution in [0.2, 0.25) is 0 Å². The van der Waals surface area contributed by atoms with E-state index in [0.717, 1.165) is 31.7 Å². The molecule has 1 atom stereocenters. The molecule has 3 nitrogen and oxygen atoms in total. The minimum atomic E-state index is 0.120. The smallest absolute Gasteiger partial charge is 0.234 e. The molecule has 1 unspecified atom stereocenters. The number of nitrogens with one attached hydrogen (secondary N) is 2. The summed E-state index contributed by atoms with van der Waals surface area (Å²) in [6, 6.07) is 0.301. The van der Waals surface area contributed by atoms with Gasteiger partial charge in [-0.1, -0.05) is 40.0 Å². The van der Waals surface area contributed by atoms with Gasteiger partial charge in [0.2, 0.25) is 5.91 Å². The number of unbranched alkanes of at least 4 members (excludes halogenated alkanes) is 1. The van der Waals surface area contributed by atoms with Gasteiger partial charge < -0.3 is 10.6 Å². The molecule has 0 aromatic heterocycles. The van der Waals surface area contributed by atoms with E-state index < -0.39 is 0 Å². The van der Waals surface area contributed by atoms with Crippen molar-refractivity contribution in [2.45, 2.75) is 65.8 Å². The molecule has 0 spiro atoms. The lowest BCUT2D eigenvalue weighted by Gasteiger charge is -2.13. The maximum absolute atomic E-state index is 11.5. The summed E-state index contributed by atoms with van der Waals surface area (Å²) in [6.45, 7) is 10.1. The second kappa shape index (κ2) is 10.6. The lowest BCUT2D eigenvalue weighted by atomic mass is 10.1. The average Bonchev–Trinajstić information content (AvgIpc) is 2.23. The van der Waals surface area contributed by atoms with E-state index in [0.29, 0.717) is 12.6 Å². The zero-order valence-electron chi connectivity index (χ0n) is 12.0. The fourth-order valence-corrected chi connectivity index (χ4v) is 1.84. The number of carbonyl (C=O) groups excluding carboxylic acids is 1. The van der Waals surface area contributed by atoms with E-state index in [-0.39, 0.29) is 5.91 Å². The quantitative estimate of drug-likeness (QED) is 0.578. The highest BCUT2D eigenvalue weighted by atomic mass is 16.1. The van der Waals surface area contributed by atoms with Crippen LogP contribution in [0.5, 0.6) is 0 Å². The van der Waals surface area contributed by atoms with E-state index in [1.54, 1.807) is 0 Å². The van der Waals surface area contributed by atoms with Crippen LogP contribution in [0.25, 0.3) is 0 Å². The maximum Gasteiger partial charge on any atom is 0.234 e. The van der Waals surface area contributed by atoms with E-state index in [9.17, 15) is 4.79 Å². The van der Waals surface area contributed by atoms with Gasteiger partial charge in [0.15, 0.2) is 0 Å². The largest absolute Gasteiger partial charge is 0.353 e. The molecule has 17 heavy (non-hydrogen) atoms. The molecule has 102 valence electrons. The predicted molar refractivity (Wildman–Crippen MR) is 74.1 cm³/mol. The summed E-state index contributed by atoms with van der Waals surface area (Å²) >= 11 is 0. The minimum absolute atomic E-state index is 0.120. The third-order valence-electron chi connectivity index (χ3n) is 2.80. The van der Waals surface area contributed by atoms with Gasteiger partial charge in [0.1, 0.15) is 0 Å². The molecule has 0 aliphatic heterocycles. The summed E-state index contributed by atoms with van der Waals surface area (Å²) < 4.78 is 0. The number of carbonyl (C=O) groups is 1. The van der Waals surface area contributed by atoms with E-state index >= 15 is 0 Å². The van der Waals surface area contributed by atoms with E-state index in [1.165, 1.54) is 12.8 Å². The van der Waals surface area contributed by atoms with Crippen molar-refractivity contribution in [1.82, 2.24) is 10.6 Å². The first-order chi connectivity index (χ1) is 8.06. The number of rotatable bonds is 10. The Labute approximate surface area is 107 Å². The molecule has 0 heterocycles. The molecule has 0 radical (unpaired) electrons. The molecule has 0 aromatic carbocycles. The van der Waals surface area contributed by atoms with Crippen LogP contribution in [0, 0.1) is 5.92 Å². The van der Waals surface area contributed by atoms with Crippen molar-refractivity contribution in [1.29, 1.82) is 0 Å². The molecule has 0 aliphatic rings. The van der Waals surface area contributed by atoms with Crippen molar-refractivity contribution in [3.05, 3.63) is 0 Å². The molecule has 0 rings (SSSR count). The molecule has 0 fully saturated rings. The van der Waals surface area contributed by atoms with Crippen LogP contribution in [0.1, 0.15) is 59.8 Å². The van der Waals surface area contributed by atoms with Crippen molar-refractivity contribution < 1.29 is 4.79 Å². The third-order valence-corrected chi connectivity index (χ3v) is 2.80. The Kier molecular flexibility index (Phi) is 10.2. The van der Waals surface area contributed by atoms with Gasteiger partial charge in [0.25, 0.3) is 0 Å². The average molecular weight is 242 g/mol. The second-order valence-electron chi connectivity index (χ2n) is 5.32. The number of hydrogen-bond acceptors (Lipinski definition) is 2. The Bertz CT molecular complexity index is 193. The van der Waals surface area contributed by atoms with Gasteiger partial charge in [0, 0.05) is 6.04 Å². The predicted octanol–water partition coefficient (Wildman–Crippen LogP) is 2.71. The second-order valence-corrected chi connectivity index (χ2v) is 5.32. The van der Waals surface area contributed by atoms with Crippen molar-refractivity contribution in [2.75, 3.05) is 13.1 Å². The topological polar surface area (TPSA) is 41.1 Å². The molecule has 0 aromatic rings. The molecule has 0 saturated heterocycles. The fourth-order valence-electron chi connectivity index (χ4n) is 1.84. The van der Waals surface area contributed by atoms with Gasteiger partial charge in [-0.15, -0.1) is 0 Å². The maximum atomic E-state index is 11.5. The zero-order valence-corrected chi connectivity index (χ0v) is 12.0. The Morgan fingerprint density at radius 1 is 1.12 bits per heavy atom. The molecule has 0 saturated carbocycles. The summed E-state index contributed by atoms with van der Waals surface area (Å²) in [5.41, 5.74) is 0. The van der Waals surface area contributed by atoms with Gasteiger partial charge in [0.05, 0.1) is 6.54 Å². The normalized spacial score (nSPS) is 12.8. The summed E-state index contributed by atoms with van der Waals surface area (Å²) in [7, 11) is 0. The lowest BCUT2D eigenvalue weighted by molar-refractivity contribution is -0.120. The molecule has 3 heteroatoms. The van der Waals surface area contributed by atoms with Gasteiger partial charge in [-0.05, 0) is 32.2 Å². The van der Waals surface area contributed by atoms with Gasteiger partial charge in [-0.3, -0.25) is 4.79 Å². The van der Waals surface area contributed by atoms with Crippen molar-refractivity contribution in [3.63, 3.8) is 0 Å². The van der Waals surface area contributed by atoms with Crippen molar-refractivity contribution in [2.24, 2.45) is 5.92 Å². The fraction of sp³-hybridized carbons (Fsp3) is 0.929. The highest BCUT2D eigenvalue weighted by molar-refractivity contribution is 5.78. The Morgan fingerprint density at radius 2 is 1.82 bits per heavy atom. The summed E-state index contributed by atoms with van der Waals surface area (Å²) in [5.74, 6) is 0.906. The first-order valence-corrected chi connectivity index (χ1v) is 7.06. The Balaban J connectivity index is 3.33. The van der Waals surface area contributed by atoms with Crippen LogP contribution in [0.3, 0.4) is 0 Å². The Morgan fingerprint density at radius 3 is 2.41 bits per heavy atom. The first kappa shape index (κ1) is 16.4. The van der Waals surface area contributed by atoms with Gasteiger partial charge in [-0.25, -0.2) is 0 Å². The standard InChI is InChI=1S/C14H30N2O/c1-5-8-13(4)16-14(17)11-15-10-7-6-9-12(2)3/h12-13,15H,5-11H2,1-4H3,(H,16,17). The van der Waals surface area contributed by atoms with Crippen LogP contribution in [0.15, 0.2) is 0 Å². The molecule has 1 amide bonds. The van der Waals surface area contributed by atoms with E-state index in [4.69, 9.17) is 0 Å². The van der Waals surface area contributed by atoms with E-state index in [1.807, 2.05) is 0 Å². The number of hydrogen-bond donors (Lipinski definition) is 2. The molecule has 2 N–H and O–H groups in total. The minimum Gasteiger partial charge on any atom is -0.353 e. The van der Waals surface area contributed by atoms with Crippen LogP contribution >= 0.6 is 0 Å². The Hall–Kier alpha value is -0.570. The van der Waals surface area contributed by atoms with Gasteiger partial charge in [-0.2, -0.15) is 0 Å². The van der Waals surface area contributed by atoms with Crippen LogP contribution < -0.4 is 10.6 Å². The summed E-state index contributed by atoms with van der Waals surface area (Å²) in [4.78, 5) is 11.5. The van der Waals surface area contributed by atoms with Crippen LogP contribution in [-0.2, 0) is 4.79 Å². The van der Waals surface area contributed by atoms with E-state index in [2.05, 4.69) is 38.3 Å². The SMILES string of the molecule is CCCC(C)NC(=O)CNCCCCC(C)C. The highest BCUT2D eigenvalue weighted by Crippen LogP contribution is 2.04. The lowest BCUT2D eigenvalue weighted by Crippen LogP contribution is -2.39. The van der Waals surface area contributed by atoms with Crippen LogP contribution in [-0.4, -0.2) is 25.0 Å². The van der Waals surface area contributed by atoms with Crippen LogP contribution in [0.4, 0.5) is 0 Å². The number of amides is 1. The van der Waals surface area contributed by atoms with Gasteiger partial charge >= 0.3 is 0 Å². The summed E-state index contributed by atoms with van der Waals surface area (Å²) in [6.07, 6.45) is 5.86.